The van der Waals surface area contributed by atoms with Crippen LogP contribution in [0.3, 0.4) is 0 Å². The number of methoxy groups -OCH3 is 1. The first-order valence-electron chi connectivity index (χ1n) is 9.35. The minimum atomic E-state index is -0.833. The Bertz CT molecular complexity index is 968. The summed E-state index contributed by atoms with van der Waals surface area (Å²) < 4.78 is 11.0. The average Bonchev–Trinajstić information content (AvgIpc) is 3.11. The standard InChI is InChI=1S/C18H22N4O4.C2H4O2/c1-11-20-14-10-22(9-13(14)17(23)21-11)18(24)12-4-5-15(25-2)16(8-12)26-7-3-6-19;1-2(3)4/h4-5,8H,3,6-7,9-10,19H2,1-2H3,(H,20,21,23);1H3,(H,3,4). The number of carbonyl (C=O) groups excluding carboxylic acids is 1. The summed E-state index contributed by atoms with van der Waals surface area (Å²) >= 11 is 0. The lowest BCUT2D eigenvalue weighted by molar-refractivity contribution is -0.134. The maximum Gasteiger partial charge on any atom is 0.300 e. The van der Waals surface area contributed by atoms with E-state index in [1.54, 1.807) is 37.1 Å². The molecule has 0 aliphatic carbocycles. The molecule has 162 valence electrons. The van der Waals surface area contributed by atoms with Crippen LogP contribution in [-0.4, -0.2) is 52.1 Å². The number of aryl methyl sites for hydroxylation is 1. The lowest BCUT2D eigenvalue weighted by atomic mass is 10.1. The molecule has 30 heavy (non-hydrogen) atoms. The number of nitrogens with two attached hydrogens (primary N) is 1. The Labute approximate surface area is 173 Å². The number of amides is 1. The van der Waals surface area contributed by atoms with E-state index in [4.69, 9.17) is 25.1 Å². The van der Waals surface area contributed by atoms with E-state index in [0.717, 1.165) is 6.92 Å². The predicted molar refractivity (Wildman–Crippen MR) is 109 cm³/mol. The number of benzene rings is 1. The van der Waals surface area contributed by atoms with E-state index in [2.05, 4.69) is 9.97 Å². The van der Waals surface area contributed by atoms with E-state index in [-0.39, 0.29) is 18.0 Å². The number of hydrogen-bond donors (Lipinski definition) is 3. The molecule has 2 aromatic rings. The largest absolute Gasteiger partial charge is 0.493 e. The van der Waals surface area contributed by atoms with Gasteiger partial charge in [-0.2, -0.15) is 0 Å². The summed E-state index contributed by atoms with van der Waals surface area (Å²) in [5.41, 5.74) is 6.94. The van der Waals surface area contributed by atoms with Crippen LogP contribution in [0.5, 0.6) is 11.5 Å². The molecule has 2 heterocycles. The van der Waals surface area contributed by atoms with Gasteiger partial charge in [-0.15, -0.1) is 0 Å². The molecule has 4 N–H and O–H groups in total. The van der Waals surface area contributed by atoms with E-state index in [1.807, 2.05) is 0 Å². The number of nitrogens with zero attached hydrogens (tertiary/aromatic N) is 2. The van der Waals surface area contributed by atoms with Crippen molar-refractivity contribution in [1.29, 1.82) is 0 Å². The molecule has 3 rings (SSSR count). The third kappa shape index (κ3) is 5.80. The van der Waals surface area contributed by atoms with E-state index in [9.17, 15) is 9.59 Å². The first-order chi connectivity index (χ1) is 14.3. The van der Waals surface area contributed by atoms with Crippen molar-refractivity contribution in [2.45, 2.75) is 33.4 Å². The van der Waals surface area contributed by atoms with Crippen LogP contribution in [0.1, 0.15) is 40.8 Å². The van der Waals surface area contributed by atoms with Crippen LogP contribution in [0.25, 0.3) is 0 Å². The molecule has 0 saturated heterocycles. The number of fused-ring (bicyclic) bond motifs is 1. The third-order valence-electron chi connectivity index (χ3n) is 4.21. The van der Waals surface area contributed by atoms with E-state index < -0.39 is 5.97 Å². The van der Waals surface area contributed by atoms with Crippen LogP contribution in [0.4, 0.5) is 0 Å². The van der Waals surface area contributed by atoms with Crippen LogP contribution < -0.4 is 20.8 Å². The zero-order valence-corrected chi connectivity index (χ0v) is 17.2. The Morgan fingerprint density at radius 3 is 2.63 bits per heavy atom. The van der Waals surface area contributed by atoms with E-state index in [1.165, 1.54) is 0 Å². The van der Waals surface area contributed by atoms with Crippen molar-refractivity contribution in [3.63, 3.8) is 0 Å². The number of carboxylic acid groups (broad SMARTS) is 1. The van der Waals surface area contributed by atoms with Crippen molar-refractivity contribution >= 4 is 11.9 Å². The van der Waals surface area contributed by atoms with Crippen molar-refractivity contribution in [3.8, 4) is 11.5 Å². The van der Waals surface area contributed by atoms with Gasteiger partial charge >= 0.3 is 0 Å². The first kappa shape index (κ1) is 22.9. The fourth-order valence-corrected chi connectivity index (χ4v) is 2.90. The highest BCUT2D eigenvalue weighted by Crippen LogP contribution is 2.30. The molecule has 1 amide bonds. The summed E-state index contributed by atoms with van der Waals surface area (Å²) in [5.74, 6) is 0.571. The molecule has 10 heteroatoms. The van der Waals surface area contributed by atoms with Crippen molar-refractivity contribution in [1.82, 2.24) is 14.9 Å². The van der Waals surface area contributed by atoms with Gasteiger partial charge in [-0.05, 0) is 38.1 Å². The number of H-pyrrole nitrogens is 1. The molecule has 1 aliphatic heterocycles. The highest BCUT2D eigenvalue weighted by Gasteiger charge is 2.28. The third-order valence-corrected chi connectivity index (χ3v) is 4.21. The van der Waals surface area contributed by atoms with Crippen LogP contribution >= 0.6 is 0 Å². The molecule has 1 aromatic carbocycles. The first-order valence-corrected chi connectivity index (χ1v) is 9.35. The Morgan fingerprint density at radius 2 is 2.00 bits per heavy atom. The van der Waals surface area contributed by atoms with Gasteiger partial charge in [0.15, 0.2) is 11.5 Å². The summed E-state index contributed by atoms with van der Waals surface area (Å²) in [4.78, 5) is 42.5. The van der Waals surface area contributed by atoms with Gasteiger partial charge in [0.2, 0.25) is 0 Å². The fourth-order valence-electron chi connectivity index (χ4n) is 2.90. The summed E-state index contributed by atoms with van der Waals surface area (Å²) in [6, 6.07) is 5.04. The number of ether oxygens (including phenoxy) is 2. The molecule has 1 aromatic heterocycles. The molecule has 0 fully saturated rings. The molecule has 0 spiro atoms. The van der Waals surface area contributed by atoms with Crippen LogP contribution in [0.2, 0.25) is 0 Å². The number of nitrogens with one attached hydrogen (secondary N) is 1. The number of aromatic amines is 1. The predicted octanol–water partition coefficient (Wildman–Crippen LogP) is 1.06. The Morgan fingerprint density at radius 1 is 1.30 bits per heavy atom. The second-order valence-electron chi connectivity index (χ2n) is 6.61. The Kier molecular flexibility index (Phi) is 7.93. The highest BCUT2D eigenvalue weighted by molar-refractivity contribution is 5.95. The molecule has 10 nitrogen and oxygen atoms in total. The second-order valence-corrected chi connectivity index (χ2v) is 6.61. The fraction of sp³-hybridized carbons (Fsp3) is 0.400. The summed E-state index contributed by atoms with van der Waals surface area (Å²) in [5, 5.41) is 7.42. The molecule has 0 bridgehead atoms. The molecular weight excluding hydrogens is 392 g/mol. The van der Waals surface area contributed by atoms with Gasteiger partial charge in [0, 0.05) is 12.5 Å². The van der Waals surface area contributed by atoms with Gasteiger partial charge < -0.3 is 30.2 Å². The molecule has 0 saturated carbocycles. The maximum absolute atomic E-state index is 12.9. The van der Waals surface area contributed by atoms with Gasteiger partial charge in [-0.3, -0.25) is 14.4 Å². The number of carboxylic acids is 1. The van der Waals surface area contributed by atoms with Crippen molar-refractivity contribution in [2.24, 2.45) is 5.73 Å². The van der Waals surface area contributed by atoms with Crippen LogP contribution in [-0.2, 0) is 17.9 Å². The minimum Gasteiger partial charge on any atom is -0.493 e. The zero-order valence-electron chi connectivity index (χ0n) is 17.2. The number of aromatic nitrogens is 2. The Balaban J connectivity index is 0.000000735. The Hall–Kier alpha value is -3.40. The quantitative estimate of drug-likeness (QED) is 0.590. The normalized spacial score (nSPS) is 11.9. The summed E-state index contributed by atoms with van der Waals surface area (Å²) in [6.07, 6.45) is 0.705. The molecule has 1 aliphatic rings. The van der Waals surface area contributed by atoms with E-state index in [0.29, 0.717) is 60.3 Å². The molecular formula is C20H26N4O6. The van der Waals surface area contributed by atoms with Crippen molar-refractivity contribution < 1.29 is 24.2 Å². The second kappa shape index (κ2) is 10.4. The number of carbonyl (C=O) groups is 2. The zero-order chi connectivity index (χ0) is 22.3. The van der Waals surface area contributed by atoms with Crippen molar-refractivity contribution in [2.75, 3.05) is 20.3 Å². The summed E-state index contributed by atoms with van der Waals surface area (Å²) in [6.45, 7) is 4.33. The molecule has 0 unspecified atom stereocenters. The monoisotopic (exact) mass is 418 g/mol. The smallest absolute Gasteiger partial charge is 0.300 e. The number of rotatable bonds is 6. The van der Waals surface area contributed by atoms with Gasteiger partial charge in [0.25, 0.3) is 17.4 Å². The van der Waals surface area contributed by atoms with Gasteiger partial charge in [0.05, 0.1) is 38.1 Å². The number of hydrogen-bond acceptors (Lipinski definition) is 7. The van der Waals surface area contributed by atoms with E-state index >= 15 is 0 Å². The van der Waals surface area contributed by atoms with Crippen LogP contribution in [0, 0.1) is 6.92 Å². The maximum atomic E-state index is 12.9. The highest BCUT2D eigenvalue weighted by atomic mass is 16.5. The molecule has 0 radical (unpaired) electrons. The van der Waals surface area contributed by atoms with Gasteiger partial charge in [-0.1, -0.05) is 0 Å². The van der Waals surface area contributed by atoms with Crippen molar-refractivity contribution in [3.05, 3.63) is 51.2 Å². The average molecular weight is 418 g/mol. The lowest BCUT2D eigenvalue weighted by Gasteiger charge is -2.17. The van der Waals surface area contributed by atoms with Crippen LogP contribution in [0.15, 0.2) is 23.0 Å². The molecule has 0 atom stereocenters. The van der Waals surface area contributed by atoms with Gasteiger partial charge in [0.1, 0.15) is 5.82 Å². The SMILES string of the molecule is CC(=O)O.COc1ccc(C(=O)N2Cc3nc(C)[nH]c(=O)c3C2)cc1OCCCN. The minimum absolute atomic E-state index is 0.189. The topological polar surface area (TPSA) is 148 Å². The van der Waals surface area contributed by atoms with Gasteiger partial charge in [-0.25, -0.2) is 4.98 Å². The summed E-state index contributed by atoms with van der Waals surface area (Å²) in [7, 11) is 1.55. The number of aliphatic carboxylic acids is 1. The lowest BCUT2D eigenvalue weighted by Crippen LogP contribution is -2.26.